The van der Waals surface area contributed by atoms with Crippen molar-refractivity contribution in [2.24, 2.45) is 21.6 Å². The molecule has 0 radical (unpaired) electrons. The van der Waals surface area contributed by atoms with Gasteiger partial charge in [-0.05, 0) is 77.0 Å². The van der Waals surface area contributed by atoms with Crippen LogP contribution < -0.4 is 42.3 Å². The Morgan fingerprint density at radius 3 is 2.62 bits per heavy atom. The number of nitrogens with two attached hydrogens (primary N) is 3. The minimum absolute atomic E-state index is 0.114. The quantitative estimate of drug-likeness (QED) is 0.0640. The predicted octanol–water partition coefficient (Wildman–Crippen LogP) is 3.39. The van der Waals surface area contributed by atoms with Crippen LogP contribution in [0.4, 0.5) is 17.3 Å². The first-order chi connectivity index (χ1) is 24.0. The third-order valence-electron chi connectivity index (χ3n) is 7.88. The molecule has 0 bridgehead atoms. The summed E-state index contributed by atoms with van der Waals surface area (Å²) in [5.74, 6) is 0.111. The van der Waals surface area contributed by atoms with Gasteiger partial charge in [0.1, 0.15) is 41.3 Å². The number of aryl methyl sites for hydroxylation is 1. The molecule has 0 saturated heterocycles. The first kappa shape index (κ1) is 37.0. The fourth-order valence-corrected chi connectivity index (χ4v) is 5.71. The second-order valence-corrected chi connectivity index (χ2v) is 11.7. The van der Waals surface area contributed by atoms with E-state index in [0.29, 0.717) is 90.8 Å². The van der Waals surface area contributed by atoms with Gasteiger partial charge in [-0.3, -0.25) is 24.7 Å². The number of nitrogen functional groups attached to an aromatic ring is 1. The molecule has 3 aromatic rings. The van der Waals surface area contributed by atoms with E-state index < -0.39 is 11.8 Å². The van der Waals surface area contributed by atoms with E-state index in [-0.39, 0.29) is 23.3 Å². The van der Waals surface area contributed by atoms with Crippen molar-refractivity contribution >= 4 is 57.9 Å². The van der Waals surface area contributed by atoms with Crippen LogP contribution in [-0.4, -0.2) is 78.5 Å². The van der Waals surface area contributed by atoms with Crippen molar-refractivity contribution in [2.75, 3.05) is 49.3 Å². The lowest BCUT2D eigenvalue weighted by atomic mass is 10.0. The van der Waals surface area contributed by atoms with Gasteiger partial charge in [-0.25, -0.2) is 4.98 Å². The predicted molar refractivity (Wildman–Crippen MR) is 197 cm³/mol. The van der Waals surface area contributed by atoms with Gasteiger partial charge in [-0.1, -0.05) is 6.08 Å². The molecular weight excluding hydrogens is 640 g/mol. The molecule has 2 heterocycles. The Bertz CT molecular complexity index is 1860. The van der Waals surface area contributed by atoms with Crippen LogP contribution in [0.2, 0.25) is 0 Å². The van der Waals surface area contributed by atoms with Gasteiger partial charge in [0.2, 0.25) is 11.9 Å². The number of methoxy groups -OCH3 is 1. The maximum atomic E-state index is 13.4. The number of imidazole rings is 1. The van der Waals surface area contributed by atoms with Crippen molar-refractivity contribution in [2.45, 2.75) is 53.1 Å². The number of nitrogens with one attached hydrogen (secondary N) is 2. The molecule has 1 aliphatic rings. The Hall–Kier alpha value is -5.86. The van der Waals surface area contributed by atoms with Gasteiger partial charge in [0, 0.05) is 43.0 Å². The van der Waals surface area contributed by atoms with Gasteiger partial charge < -0.3 is 41.6 Å². The molecule has 15 nitrogen and oxygen atoms in total. The highest BCUT2D eigenvalue weighted by Gasteiger charge is 2.30. The zero-order valence-corrected chi connectivity index (χ0v) is 29.2. The standard InChI is InChI=1S/C35H46N10O5/c1-6-39-28(14-21(3)36)34(48)42-35-41-27-15-23(19-46)16-29(49-5)32(27)45(35)13-9-11-25-20-50-30-18-24(33(38)47)17-26(37)31(30)44(25)12-8-10-22(4)43-40-7-2/h8,10,14-19,25,40H,6-7,9,11-13,20,36-37H2,1-5H3,(H2,38,47)(H,41,42,48)/b10-8+,21-14-,39-28?,43-22-. The molecule has 0 saturated carbocycles. The van der Waals surface area contributed by atoms with Crippen LogP contribution in [-0.2, 0) is 11.3 Å². The number of hydrogen-bond acceptors (Lipinski definition) is 12. The number of aldehydes is 1. The van der Waals surface area contributed by atoms with E-state index in [1.807, 2.05) is 37.5 Å². The molecule has 2 amide bonds. The van der Waals surface area contributed by atoms with Crippen molar-refractivity contribution < 1.29 is 23.9 Å². The largest absolute Gasteiger partial charge is 0.494 e. The van der Waals surface area contributed by atoms with Crippen LogP contribution in [0.3, 0.4) is 0 Å². The monoisotopic (exact) mass is 686 g/mol. The smallest absolute Gasteiger partial charge is 0.276 e. The summed E-state index contributed by atoms with van der Waals surface area (Å²) < 4.78 is 13.7. The number of carbonyl (C=O) groups is 3. The van der Waals surface area contributed by atoms with Gasteiger partial charge in [0.15, 0.2) is 0 Å². The van der Waals surface area contributed by atoms with Crippen LogP contribution >= 0.6 is 0 Å². The van der Waals surface area contributed by atoms with E-state index in [9.17, 15) is 14.4 Å². The molecule has 0 spiro atoms. The lowest BCUT2D eigenvalue weighted by Gasteiger charge is -2.39. The summed E-state index contributed by atoms with van der Waals surface area (Å²) in [5, 5.41) is 7.19. The van der Waals surface area contributed by atoms with Crippen molar-refractivity contribution in [1.82, 2.24) is 15.0 Å². The summed E-state index contributed by atoms with van der Waals surface area (Å²) in [5.41, 5.74) is 25.1. The lowest BCUT2D eigenvalue weighted by Crippen LogP contribution is -2.44. The van der Waals surface area contributed by atoms with Crippen molar-refractivity contribution in [3.63, 3.8) is 0 Å². The number of benzene rings is 2. The third kappa shape index (κ3) is 8.78. The summed E-state index contributed by atoms with van der Waals surface area (Å²) in [6, 6.07) is 6.34. The summed E-state index contributed by atoms with van der Waals surface area (Å²) >= 11 is 0. The number of anilines is 3. The molecule has 0 aliphatic carbocycles. The average Bonchev–Trinajstić information content (AvgIpc) is 3.43. The second-order valence-electron chi connectivity index (χ2n) is 11.7. The van der Waals surface area contributed by atoms with E-state index in [1.54, 1.807) is 31.2 Å². The van der Waals surface area contributed by atoms with Gasteiger partial charge >= 0.3 is 0 Å². The summed E-state index contributed by atoms with van der Waals surface area (Å²) in [6.07, 6.45) is 7.41. The second kappa shape index (κ2) is 17.0. The molecule has 2 aromatic carbocycles. The Kier molecular flexibility index (Phi) is 12.6. The van der Waals surface area contributed by atoms with Gasteiger partial charge in [0.05, 0.1) is 30.1 Å². The Labute approximate surface area is 291 Å². The van der Waals surface area contributed by atoms with Crippen molar-refractivity contribution in [3.05, 3.63) is 59.3 Å². The average molecular weight is 687 g/mol. The Morgan fingerprint density at radius 1 is 1.18 bits per heavy atom. The lowest BCUT2D eigenvalue weighted by molar-refractivity contribution is -0.110. The molecule has 266 valence electrons. The van der Waals surface area contributed by atoms with E-state index in [4.69, 9.17) is 26.7 Å². The highest BCUT2D eigenvalue weighted by Crippen LogP contribution is 2.41. The van der Waals surface area contributed by atoms with Crippen molar-refractivity contribution in [3.8, 4) is 11.5 Å². The molecule has 50 heavy (non-hydrogen) atoms. The molecule has 1 aromatic heterocycles. The molecular formula is C35H46N10O5. The Balaban J connectivity index is 1.67. The molecule has 1 aliphatic heterocycles. The zero-order chi connectivity index (χ0) is 36.4. The molecule has 15 heteroatoms. The highest BCUT2D eigenvalue weighted by molar-refractivity contribution is 6.47. The number of aromatic nitrogens is 2. The van der Waals surface area contributed by atoms with E-state index >= 15 is 0 Å². The minimum Gasteiger partial charge on any atom is -0.494 e. The number of rotatable bonds is 16. The van der Waals surface area contributed by atoms with Crippen LogP contribution in [0.1, 0.15) is 61.3 Å². The number of primary amides is 1. The molecule has 1 unspecified atom stereocenters. The number of aliphatic imine (C=N–C) groups is 1. The number of hydrogen-bond donors (Lipinski definition) is 5. The molecule has 8 N–H and O–H groups in total. The molecule has 0 fully saturated rings. The van der Waals surface area contributed by atoms with Crippen molar-refractivity contribution in [1.29, 1.82) is 0 Å². The van der Waals surface area contributed by atoms with Crippen LogP contribution in [0.15, 0.2) is 58.3 Å². The first-order valence-electron chi connectivity index (χ1n) is 16.4. The maximum absolute atomic E-state index is 13.4. The number of amides is 2. The van der Waals surface area contributed by atoms with Crippen LogP contribution in [0.5, 0.6) is 11.5 Å². The summed E-state index contributed by atoms with van der Waals surface area (Å²) in [4.78, 5) is 48.1. The van der Waals surface area contributed by atoms with Gasteiger partial charge in [-0.15, -0.1) is 0 Å². The third-order valence-corrected chi connectivity index (χ3v) is 7.88. The zero-order valence-electron chi connectivity index (χ0n) is 29.2. The number of fused-ring (bicyclic) bond motifs is 2. The minimum atomic E-state index is -0.597. The fourth-order valence-electron chi connectivity index (χ4n) is 5.71. The first-order valence-corrected chi connectivity index (χ1v) is 16.4. The number of ether oxygens (including phenoxy) is 2. The fraction of sp³-hybridized carbons (Fsp3) is 0.371. The molecule has 1 atom stereocenters. The number of nitrogens with zero attached hydrogens (tertiary/aromatic N) is 5. The SMILES string of the molecule is CCN=C(/C=C(/C)N)C(=O)Nc1nc2cc(C=O)cc(OC)c2n1CCCC1COc2cc(C(N)=O)cc(N)c2N1C/C=C/C(C)=N\NCC. The Morgan fingerprint density at radius 2 is 1.96 bits per heavy atom. The molecule has 4 rings (SSSR count). The van der Waals surface area contributed by atoms with Gasteiger partial charge in [0.25, 0.3) is 5.91 Å². The van der Waals surface area contributed by atoms with E-state index in [0.717, 1.165) is 12.0 Å². The van der Waals surface area contributed by atoms with Crippen LogP contribution in [0, 0.1) is 0 Å². The summed E-state index contributed by atoms with van der Waals surface area (Å²) in [6.45, 7) is 9.71. The summed E-state index contributed by atoms with van der Waals surface area (Å²) in [7, 11) is 1.51. The maximum Gasteiger partial charge on any atom is 0.276 e. The van der Waals surface area contributed by atoms with E-state index in [2.05, 4.69) is 30.7 Å². The van der Waals surface area contributed by atoms with Crippen LogP contribution in [0.25, 0.3) is 11.0 Å². The topological polar surface area (TPSA) is 218 Å². The number of allylic oxidation sites excluding steroid dienone is 2. The number of hydrazone groups is 1. The van der Waals surface area contributed by atoms with Gasteiger partial charge in [-0.2, -0.15) is 5.10 Å². The number of carbonyl (C=O) groups excluding carboxylic acids is 3. The van der Waals surface area contributed by atoms with E-state index in [1.165, 1.54) is 13.2 Å². The normalized spacial score (nSPS) is 15.2. The highest BCUT2D eigenvalue weighted by atomic mass is 16.5.